The predicted octanol–water partition coefficient (Wildman–Crippen LogP) is 3.70. The molecule has 0 saturated heterocycles. The highest BCUT2D eigenvalue weighted by atomic mass is 32.2. The first kappa shape index (κ1) is 18.3. The van der Waals surface area contributed by atoms with Gasteiger partial charge in [0, 0.05) is 11.1 Å². The maximum Gasteiger partial charge on any atom is 0.339 e. The molecule has 134 valence electrons. The molecule has 5 nitrogen and oxygen atoms in total. The van der Waals surface area contributed by atoms with Crippen molar-refractivity contribution in [3.05, 3.63) is 95.3 Å². The number of halogens is 1. The molecule has 3 aromatic carbocycles. The number of hydrogen-bond acceptors (Lipinski definition) is 5. The highest BCUT2D eigenvalue weighted by molar-refractivity contribution is 7.87. The van der Waals surface area contributed by atoms with Crippen molar-refractivity contribution in [2.24, 2.45) is 0 Å². The van der Waals surface area contributed by atoms with E-state index in [4.69, 9.17) is 9.44 Å². The van der Waals surface area contributed by atoms with E-state index >= 15 is 0 Å². The Morgan fingerprint density at radius 1 is 0.926 bits per heavy atom. The third-order valence-corrected chi connectivity index (χ3v) is 4.95. The van der Waals surface area contributed by atoms with Gasteiger partial charge in [0.15, 0.2) is 5.78 Å². The molecule has 3 aromatic rings. The molecule has 0 fully saturated rings. The summed E-state index contributed by atoms with van der Waals surface area (Å²) in [6.45, 7) is 0. The Kier molecular flexibility index (Phi) is 5.01. The second-order valence-corrected chi connectivity index (χ2v) is 7.06. The van der Waals surface area contributed by atoms with Gasteiger partial charge < -0.3 is 4.18 Å². The van der Waals surface area contributed by atoms with E-state index in [1.165, 1.54) is 24.3 Å². The van der Waals surface area contributed by atoms with Crippen LogP contribution in [0.1, 0.15) is 21.5 Å². The Bertz CT molecular complexity index is 1130. The van der Waals surface area contributed by atoms with Crippen LogP contribution in [0.15, 0.2) is 77.7 Å². The smallest absolute Gasteiger partial charge is 0.339 e. The number of ketones is 1. The molecule has 3 rings (SSSR count). The van der Waals surface area contributed by atoms with Gasteiger partial charge in [-0.3, -0.25) is 4.79 Å². The molecule has 0 atom stereocenters. The molecule has 0 unspecified atom stereocenters. The molecule has 7 heteroatoms. The summed E-state index contributed by atoms with van der Waals surface area (Å²) in [4.78, 5) is 12.0. The van der Waals surface area contributed by atoms with Gasteiger partial charge in [-0.2, -0.15) is 13.7 Å². The molecule has 0 bridgehead atoms. The van der Waals surface area contributed by atoms with Crippen LogP contribution in [0, 0.1) is 17.1 Å². The first-order chi connectivity index (χ1) is 12.9. The van der Waals surface area contributed by atoms with Crippen LogP contribution in [0.25, 0.3) is 0 Å². The second-order valence-electron chi connectivity index (χ2n) is 5.51. The maximum atomic E-state index is 13.4. The van der Waals surface area contributed by atoms with Crippen molar-refractivity contribution < 1.29 is 21.8 Å². The normalized spacial score (nSPS) is 10.8. The molecule has 0 aliphatic carbocycles. The fraction of sp³-hybridized carbons (Fsp3) is 0. The summed E-state index contributed by atoms with van der Waals surface area (Å²) in [5.74, 6) is -1.04. The highest BCUT2D eigenvalue weighted by Crippen LogP contribution is 2.22. The number of rotatable bonds is 5. The van der Waals surface area contributed by atoms with E-state index in [1.807, 2.05) is 0 Å². The molecule has 0 heterocycles. The number of nitrogens with zero attached hydrogens (tertiary/aromatic N) is 1. The second kappa shape index (κ2) is 7.40. The first-order valence-electron chi connectivity index (χ1n) is 7.75. The zero-order valence-electron chi connectivity index (χ0n) is 13.8. The minimum atomic E-state index is -4.25. The van der Waals surface area contributed by atoms with Gasteiger partial charge in [-0.25, -0.2) is 4.39 Å². The third kappa shape index (κ3) is 4.02. The molecule has 0 aliphatic rings. The molecule has 0 radical (unpaired) electrons. The van der Waals surface area contributed by atoms with Gasteiger partial charge in [-0.05, 0) is 42.5 Å². The van der Waals surface area contributed by atoms with Crippen molar-refractivity contribution >= 4 is 15.9 Å². The summed E-state index contributed by atoms with van der Waals surface area (Å²) in [6, 6.07) is 18.6. The zero-order valence-corrected chi connectivity index (χ0v) is 14.6. The van der Waals surface area contributed by atoms with E-state index in [0.29, 0.717) is 11.1 Å². The van der Waals surface area contributed by atoms with Crippen LogP contribution in [0.2, 0.25) is 0 Å². The lowest BCUT2D eigenvalue weighted by molar-refractivity contribution is 0.103. The number of benzene rings is 3. The van der Waals surface area contributed by atoms with E-state index < -0.39 is 21.5 Å². The van der Waals surface area contributed by atoms with E-state index in [-0.39, 0.29) is 16.4 Å². The van der Waals surface area contributed by atoms with E-state index in [1.54, 1.807) is 36.4 Å². The highest BCUT2D eigenvalue weighted by Gasteiger charge is 2.19. The van der Waals surface area contributed by atoms with Crippen LogP contribution < -0.4 is 4.18 Å². The molecule has 0 spiro atoms. The van der Waals surface area contributed by atoms with Crippen LogP contribution in [-0.2, 0) is 10.1 Å². The lowest BCUT2D eigenvalue weighted by atomic mass is 10.0. The molecular formula is C20H12FNO4S. The van der Waals surface area contributed by atoms with Crippen molar-refractivity contribution in [2.45, 2.75) is 4.90 Å². The van der Waals surface area contributed by atoms with Crippen molar-refractivity contribution in [1.82, 2.24) is 0 Å². The summed E-state index contributed by atoms with van der Waals surface area (Å²) in [5.41, 5.74) is 0.483. The zero-order chi connectivity index (χ0) is 19.4. The number of carbonyl (C=O) groups excluding carboxylic acids is 1. The largest absolute Gasteiger partial charge is 0.379 e. The van der Waals surface area contributed by atoms with Gasteiger partial charge >= 0.3 is 10.1 Å². The van der Waals surface area contributed by atoms with Gasteiger partial charge in [-0.15, -0.1) is 0 Å². The third-order valence-electron chi connectivity index (χ3n) is 3.71. The minimum absolute atomic E-state index is 0.0116. The lowest BCUT2D eigenvalue weighted by Gasteiger charge is -2.08. The Balaban J connectivity index is 1.82. The Hall–Kier alpha value is -3.50. The Morgan fingerprint density at radius 3 is 2.19 bits per heavy atom. The standard InChI is InChI=1S/C20H12FNO4S/c21-19-11-10-18(12-16(19)13-22)27(24,25)26-17-8-6-15(7-9-17)20(23)14-4-2-1-3-5-14/h1-12H. The minimum Gasteiger partial charge on any atom is -0.379 e. The van der Waals surface area contributed by atoms with Gasteiger partial charge in [0.05, 0.1) is 5.56 Å². The predicted molar refractivity (Wildman–Crippen MR) is 95.2 cm³/mol. The summed E-state index contributed by atoms with van der Waals surface area (Å²) in [5, 5.41) is 8.82. The fourth-order valence-corrected chi connectivity index (χ4v) is 3.30. The molecule has 0 aliphatic heterocycles. The van der Waals surface area contributed by atoms with Crippen LogP contribution in [-0.4, -0.2) is 14.2 Å². The fourth-order valence-electron chi connectivity index (χ4n) is 2.34. The monoisotopic (exact) mass is 381 g/mol. The summed E-state index contributed by atoms with van der Waals surface area (Å²) in [7, 11) is -4.25. The lowest BCUT2D eigenvalue weighted by Crippen LogP contribution is -2.10. The Morgan fingerprint density at radius 2 is 1.56 bits per heavy atom. The van der Waals surface area contributed by atoms with Gasteiger partial charge in [-0.1, -0.05) is 30.3 Å². The average Bonchev–Trinajstić information content (AvgIpc) is 2.68. The average molecular weight is 381 g/mol. The van der Waals surface area contributed by atoms with Crippen LogP contribution in [0.3, 0.4) is 0 Å². The maximum absolute atomic E-state index is 13.4. The van der Waals surface area contributed by atoms with Crippen LogP contribution in [0.4, 0.5) is 4.39 Å². The molecule has 0 saturated carbocycles. The van der Waals surface area contributed by atoms with E-state index in [9.17, 15) is 17.6 Å². The molecule has 0 N–H and O–H groups in total. The first-order valence-corrected chi connectivity index (χ1v) is 9.15. The number of hydrogen-bond donors (Lipinski definition) is 0. The quantitative estimate of drug-likeness (QED) is 0.497. The summed E-state index contributed by atoms with van der Waals surface area (Å²) < 4.78 is 43.0. The molecular weight excluding hydrogens is 369 g/mol. The van der Waals surface area contributed by atoms with Crippen molar-refractivity contribution in [2.75, 3.05) is 0 Å². The topological polar surface area (TPSA) is 84.2 Å². The van der Waals surface area contributed by atoms with Gasteiger partial charge in [0.25, 0.3) is 0 Å². The molecule has 27 heavy (non-hydrogen) atoms. The van der Waals surface area contributed by atoms with Crippen molar-refractivity contribution in [3.63, 3.8) is 0 Å². The van der Waals surface area contributed by atoms with Crippen LogP contribution in [0.5, 0.6) is 5.75 Å². The summed E-state index contributed by atoms with van der Waals surface area (Å²) >= 11 is 0. The molecule has 0 amide bonds. The number of carbonyl (C=O) groups is 1. The van der Waals surface area contributed by atoms with Crippen molar-refractivity contribution in [3.8, 4) is 11.8 Å². The van der Waals surface area contributed by atoms with Gasteiger partial charge in [0.1, 0.15) is 22.5 Å². The summed E-state index contributed by atoms with van der Waals surface area (Å²) in [6.07, 6.45) is 0. The van der Waals surface area contributed by atoms with E-state index in [0.717, 1.165) is 18.2 Å². The molecule has 0 aromatic heterocycles. The van der Waals surface area contributed by atoms with E-state index in [2.05, 4.69) is 0 Å². The van der Waals surface area contributed by atoms with Gasteiger partial charge in [0.2, 0.25) is 0 Å². The van der Waals surface area contributed by atoms with Crippen LogP contribution >= 0.6 is 0 Å². The Labute approximate surface area is 155 Å². The van der Waals surface area contributed by atoms with Crippen molar-refractivity contribution in [1.29, 1.82) is 5.26 Å². The number of nitriles is 1. The SMILES string of the molecule is N#Cc1cc(S(=O)(=O)Oc2ccc(C(=O)c3ccccc3)cc2)ccc1F.